The number of ether oxygens (including phenoxy) is 2. The van der Waals surface area contributed by atoms with Crippen LogP contribution in [0.3, 0.4) is 0 Å². The molecule has 0 aromatic heterocycles. The van der Waals surface area contributed by atoms with Gasteiger partial charge in [-0.3, -0.25) is 13.8 Å². The van der Waals surface area contributed by atoms with Crippen molar-refractivity contribution < 1.29 is 43.0 Å². The van der Waals surface area contributed by atoms with Crippen molar-refractivity contribution in [1.29, 1.82) is 0 Å². The number of carbonyl (C=O) groups excluding carboxylic acids is 1. The van der Waals surface area contributed by atoms with Crippen LogP contribution in [0.25, 0.3) is 0 Å². The molecule has 0 spiro atoms. The van der Waals surface area contributed by atoms with E-state index in [1.165, 1.54) is 122 Å². The average molecular weight is 907 g/mol. The normalized spacial score (nSPS) is 14.4. The Morgan fingerprint density at radius 3 is 1.30 bits per heavy atom. The summed E-state index contributed by atoms with van der Waals surface area (Å²) >= 11 is 0. The number of hydrogen-bond donors (Lipinski definition) is 3. The quantitative estimate of drug-likeness (QED) is 0.0236. The Hall–Kier alpha value is -2.10. The molecule has 0 aliphatic carbocycles. The Labute approximate surface area is 386 Å². The zero-order valence-corrected chi connectivity index (χ0v) is 41.2. The van der Waals surface area contributed by atoms with E-state index in [9.17, 15) is 19.4 Å². The van der Waals surface area contributed by atoms with Crippen LogP contribution < -0.4 is 0 Å². The summed E-state index contributed by atoms with van der Waals surface area (Å²) in [6.07, 6.45) is 60.3. The van der Waals surface area contributed by atoms with Crippen molar-refractivity contribution in [2.24, 2.45) is 0 Å². The minimum absolute atomic E-state index is 0.00805. The molecular formula is C53H95O9P. The number of phosphoric ester groups is 1. The summed E-state index contributed by atoms with van der Waals surface area (Å²) in [5.41, 5.74) is 0. The number of aliphatic hydroxyl groups is 2. The van der Waals surface area contributed by atoms with Gasteiger partial charge in [-0.25, -0.2) is 4.57 Å². The van der Waals surface area contributed by atoms with Crippen molar-refractivity contribution in [3.8, 4) is 0 Å². The second kappa shape index (κ2) is 49.3. The second-order valence-electron chi connectivity index (χ2n) is 16.8. The van der Waals surface area contributed by atoms with Gasteiger partial charge < -0.3 is 24.6 Å². The van der Waals surface area contributed by atoms with E-state index in [0.29, 0.717) is 6.61 Å². The molecule has 3 atom stereocenters. The van der Waals surface area contributed by atoms with Gasteiger partial charge in [-0.15, -0.1) is 0 Å². The van der Waals surface area contributed by atoms with Gasteiger partial charge in [0, 0.05) is 13.0 Å². The lowest BCUT2D eigenvalue weighted by Gasteiger charge is -2.20. The standard InChI is InChI=1S/C53H95O9P/c1-3-5-7-9-11-13-15-17-19-21-23-25-26-27-29-31-33-35-37-39-41-43-45-53(56)62-52(50-61-63(57,58)60-48-51(55)47-54)49-59-46-44-42-40-38-36-34-32-30-28-24-22-20-18-16-14-12-10-8-6-4-2/h6,8,12,14,18,20,24,28,32,34,38,40,51-52,54-55H,3-5,7,9-11,13,15-17,19,21-23,25-27,29-31,33,35-37,39,41-50H2,1-2H3,(H,57,58)/b8-6-,14-12-,20-18-,28-24-,34-32-,40-38-. The van der Waals surface area contributed by atoms with Crippen molar-refractivity contribution in [1.82, 2.24) is 0 Å². The molecule has 0 rings (SSSR count). The summed E-state index contributed by atoms with van der Waals surface area (Å²) in [7, 11) is -4.54. The fraction of sp³-hybridized carbons (Fsp3) is 0.755. The molecule has 3 unspecified atom stereocenters. The van der Waals surface area contributed by atoms with Gasteiger partial charge in [-0.1, -0.05) is 222 Å². The number of hydrogen-bond acceptors (Lipinski definition) is 8. The Kier molecular flexibility index (Phi) is 47.7. The van der Waals surface area contributed by atoms with E-state index in [-0.39, 0.29) is 13.0 Å². The molecule has 0 saturated carbocycles. The molecule has 366 valence electrons. The van der Waals surface area contributed by atoms with Crippen LogP contribution in [0, 0.1) is 0 Å². The highest BCUT2D eigenvalue weighted by Crippen LogP contribution is 2.43. The van der Waals surface area contributed by atoms with E-state index in [4.69, 9.17) is 23.6 Å². The van der Waals surface area contributed by atoms with Crippen LogP contribution in [-0.2, 0) is 27.9 Å². The molecule has 0 saturated heterocycles. The molecule has 0 bridgehead atoms. The maximum atomic E-state index is 12.7. The Balaban J connectivity index is 4.16. The largest absolute Gasteiger partial charge is 0.472 e. The third-order valence-electron chi connectivity index (χ3n) is 10.7. The molecule has 0 radical (unpaired) electrons. The zero-order chi connectivity index (χ0) is 46.0. The summed E-state index contributed by atoms with van der Waals surface area (Å²) < 4.78 is 33.4. The van der Waals surface area contributed by atoms with E-state index in [0.717, 1.165) is 70.6 Å². The average Bonchev–Trinajstić information content (AvgIpc) is 3.28. The van der Waals surface area contributed by atoms with Crippen molar-refractivity contribution in [2.75, 3.05) is 33.0 Å². The number of unbranched alkanes of at least 4 members (excludes halogenated alkanes) is 22. The van der Waals surface area contributed by atoms with Crippen molar-refractivity contribution in [3.05, 3.63) is 72.9 Å². The highest BCUT2D eigenvalue weighted by molar-refractivity contribution is 7.47. The summed E-state index contributed by atoms with van der Waals surface area (Å²) in [4.78, 5) is 22.7. The van der Waals surface area contributed by atoms with Crippen molar-refractivity contribution >= 4 is 13.8 Å². The first-order chi connectivity index (χ1) is 30.8. The lowest BCUT2D eigenvalue weighted by Crippen LogP contribution is -2.29. The van der Waals surface area contributed by atoms with Gasteiger partial charge in [-0.2, -0.15) is 0 Å². The van der Waals surface area contributed by atoms with Crippen molar-refractivity contribution in [2.45, 2.75) is 225 Å². The summed E-state index contributed by atoms with van der Waals surface area (Å²) in [5, 5.41) is 18.4. The number of carbonyl (C=O) groups is 1. The molecule has 9 nitrogen and oxygen atoms in total. The first-order valence-corrected chi connectivity index (χ1v) is 26.9. The minimum atomic E-state index is -4.54. The van der Waals surface area contributed by atoms with Gasteiger partial charge in [0.2, 0.25) is 0 Å². The molecule has 0 aromatic rings. The molecule has 0 aliphatic rings. The Morgan fingerprint density at radius 1 is 0.508 bits per heavy atom. The number of phosphoric acid groups is 1. The predicted molar refractivity (Wildman–Crippen MR) is 265 cm³/mol. The monoisotopic (exact) mass is 907 g/mol. The molecular weight excluding hydrogens is 812 g/mol. The molecule has 0 aliphatic heterocycles. The lowest BCUT2D eigenvalue weighted by atomic mass is 10.0. The van der Waals surface area contributed by atoms with E-state index >= 15 is 0 Å². The molecule has 0 heterocycles. The molecule has 63 heavy (non-hydrogen) atoms. The molecule has 0 fully saturated rings. The fourth-order valence-electron chi connectivity index (χ4n) is 6.84. The minimum Gasteiger partial charge on any atom is -0.457 e. The molecule has 0 amide bonds. The SMILES string of the molecule is CC/C=C\C/C=C\C/C=C\C/C=C\C/C=C\C/C=C\CCCOCC(COP(=O)(O)OCC(O)CO)OC(=O)CCCCCCCCCCCCCCCCCCCCCCCC. The lowest BCUT2D eigenvalue weighted by molar-refractivity contribution is -0.154. The van der Waals surface area contributed by atoms with Crippen LogP contribution in [0.2, 0.25) is 0 Å². The first kappa shape index (κ1) is 60.9. The third-order valence-corrected chi connectivity index (χ3v) is 11.6. The van der Waals surface area contributed by atoms with Gasteiger partial charge in [0.15, 0.2) is 0 Å². The number of allylic oxidation sites excluding steroid dienone is 12. The van der Waals surface area contributed by atoms with Gasteiger partial charge in [-0.05, 0) is 57.8 Å². The highest BCUT2D eigenvalue weighted by Gasteiger charge is 2.26. The van der Waals surface area contributed by atoms with Crippen LogP contribution in [0.4, 0.5) is 0 Å². The Morgan fingerprint density at radius 2 is 0.889 bits per heavy atom. The smallest absolute Gasteiger partial charge is 0.457 e. The number of rotatable bonds is 48. The Bertz CT molecular complexity index is 1210. The molecule has 3 N–H and O–H groups in total. The fourth-order valence-corrected chi connectivity index (χ4v) is 7.63. The van der Waals surface area contributed by atoms with E-state index in [2.05, 4.69) is 86.8 Å². The van der Waals surface area contributed by atoms with E-state index < -0.39 is 45.8 Å². The summed E-state index contributed by atoms with van der Waals surface area (Å²) in [5.74, 6) is -0.400. The molecule has 10 heteroatoms. The van der Waals surface area contributed by atoms with Gasteiger partial charge >= 0.3 is 13.8 Å². The van der Waals surface area contributed by atoms with Gasteiger partial charge in [0.1, 0.15) is 12.2 Å². The number of aliphatic hydroxyl groups excluding tert-OH is 2. The highest BCUT2D eigenvalue weighted by atomic mass is 31.2. The topological polar surface area (TPSA) is 132 Å². The van der Waals surface area contributed by atoms with Crippen LogP contribution >= 0.6 is 7.82 Å². The summed E-state index contributed by atoms with van der Waals surface area (Å²) in [6.45, 7) is 3.27. The second-order valence-corrected chi connectivity index (χ2v) is 18.3. The van der Waals surface area contributed by atoms with Crippen LogP contribution in [0.15, 0.2) is 72.9 Å². The molecule has 0 aromatic carbocycles. The first-order valence-electron chi connectivity index (χ1n) is 25.4. The van der Waals surface area contributed by atoms with E-state index in [1.54, 1.807) is 0 Å². The summed E-state index contributed by atoms with van der Waals surface area (Å²) in [6, 6.07) is 0. The van der Waals surface area contributed by atoms with Crippen molar-refractivity contribution in [3.63, 3.8) is 0 Å². The maximum absolute atomic E-state index is 12.7. The predicted octanol–water partition coefficient (Wildman–Crippen LogP) is 14.9. The van der Waals surface area contributed by atoms with Crippen LogP contribution in [0.1, 0.15) is 213 Å². The zero-order valence-electron chi connectivity index (χ0n) is 40.3. The maximum Gasteiger partial charge on any atom is 0.472 e. The number of esters is 1. The third kappa shape index (κ3) is 49.2. The van der Waals surface area contributed by atoms with Crippen LogP contribution in [0.5, 0.6) is 0 Å². The van der Waals surface area contributed by atoms with Crippen LogP contribution in [-0.4, -0.2) is 66.3 Å². The van der Waals surface area contributed by atoms with Gasteiger partial charge in [0.05, 0.1) is 26.4 Å². The van der Waals surface area contributed by atoms with Gasteiger partial charge in [0.25, 0.3) is 0 Å². The van der Waals surface area contributed by atoms with E-state index in [1.807, 2.05) is 0 Å².